The molecular formula is C16H25NO3. The van der Waals surface area contributed by atoms with Gasteiger partial charge in [0.15, 0.2) is 0 Å². The van der Waals surface area contributed by atoms with Crippen molar-refractivity contribution in [2.45, 2.75) is 46.1 Å². The zero-order valence-electron chi connectivity index (χ0n) is 13.0. The molecule has 1 unspecified atom stereocenters. The normalized spacial score (nSPS) is 13.8. The molecule has 0 bridgehead atoms. The first-order chi connectivity index (χ1) is 9.30. The summed E-state index contributed by atoms with van der Waals surface area (Å²) in [5, 5.41) is 12.0. The maximum absolute atomic E-state index is 11.2. The summed E-state index contributed by atoms with van der Waals surface area (Å²) in [7, 11) is 1.67. The number of benzene rings is 1. The van der Waals surface area contributed by atoms with Crippen LogP contribution in [0.15, 0.2) is 12.1 Å². The number of aliphatic carboxylic acids is 1. The van der Waals surface area contributed by atoms with Gasteiger partial charge in [0.1, 0.15) is 11.3 Å². The number of nitrogens with one attached hydrogen (secondary N) is 1. The van der Waals surface area contributed by atoms with Gasteiger partial charge in [-0.05, 0) is 58.7 Å². The Bertz CT molecular complexity index is 462. The van der Waals surface area contributed by atoms with Crippen molar-refractivity contribution in [1.29, 1.82) is 0 Å². The minimum Gasteiger partial charge on any atom is -0.493 e. The lowest BCUT2D eigenvalue weighted by molar-refractivity contribution is -0.144. The van der Waals surface area contributed by atoms with Gasteiger partial charge in [-0.3, -0.25) is 4.79 Å². The topological polar surface area (TPSA) is 58.6 Å². The first-order valence-electron chi connectivity index (χ1n) is 6.93. The molecule has 0 aliphatic heterocycles. The number of hydrogen-bond donors (Lipinski definition) is 2. The van der Waals surface area contributed by atoms with Gasteiger partial charge in [0.25, 0.3) is 0 Å². The van der Waals surface area contributed by atoms with Crippen LogP contribution < -0.4 is 10.1 Å². The molecular weight excluding hydrogens is 254 g/mol. The molecule has 0 aliphatic carbocycles. The van der Waals surface area contributed by atoms with Crippen LogP contribution in [0.4, 0.5) is 0 Å². The SMILES string of the molecule is CNC(C)(CCCOc1c(C)cc(C)cc1C)C(=O)O. The molecule has 0 fully saturated rings. The van der Waals surface area contributed by atoms with Crippen LogP contribution >= 0.6 is 0 Å². The van der Waals surface area contributed by atoms with Gasteiger partial charge in [-0.1, -0.05) is 17.7 Å². The molecule has 0 heterocycles. The second-order valence-electron chi connectivity index (χ2n) is 5.57. The van der Waals surface area contributed by atoms with Crippen molar-refractivity contribution in [3.8, 4) is 5.75 Å². The average molecular weight is 279 g/mol. The zero-order chi connectivity index (χ0) is 15.3. The van der Waals surface area contributed by atoms with Crippen molar-refractivity contribution >= 4 is 5.97 Å². The van der Waals surface area contributed by atoms with Crippen LogP contribution in [0.1, 0.15) is 36.5 Å². The summed E-state index contributed by atoms with van der Waals surface area (Å²) >= 11 is 0. The van der Waals surface area contributed by atoms with Gasteiger partial charge < -0.3 is 15.2 Å². The number of aryl methyl sites for hydroxylation is 3. The lowest BCUT2D eigenvalue weighted by Crippen LogP contribution is -2.47. The highest BCUT2D eigenvalue weighted by atomic mass is 16.5. The Labute approximate surface area is 121 Å². The molecule has 1 atom stereocenters. The number of carbonyl (C=O) groups is 1. The molecule has 0 amide bonds. The van der Waals surface area contributed by atoms with E-state index in [2.05, 4.69) is 24.4 Å². The summed E-state index contributed by atoms with van der Waals surface area (Å²) in [6.07, 6.45) is 1.22. The summed E-state index contributed by atoms with van der Waals surface area (Å²) in [5.74, 6) is 0.0831. The molecule has 4 heteroatoms. The van der Waals surface area contributed by atoms with Crippen molar-refractivity contribution in [1.82, 2.24) is 5.32 Å². The highest BCUT2D eigenvalue weighted by Crippen LogP contribution is 2.25. The van der Waals surface area contributed by atoms with E-state index in [0.29, 0.717) is 19.4 Å². The van der Waals surface area contributed by atoms with Crippen LogP contribution in [-0.4, -0.2) is 30.3 Å². The Hall–Kier alpha value is -1.55. The summed E-state index contributed by atoms with van der Waals surface area (Å²) in [6.45, 7) is 8.34. The molecule has 0 aliphatic rings. The molecule has 0 spiro atoms. The molecule has 1 aromatic rings. The molecule has 112 valence electrons. The molecule has 1 rings (SSSR count). The van der Waals surface area contributed by atoms with E-state index < -0.39 is 11.5 Å². The fraction of sp³-hybridized carbons (Fsp3) is 0.562. The number of hydrogen-bond acceptors (Lipinski definition) is 3. The predicted octanol–water partition coefficient (Wildman–Crippen LogP) is 2.83. The lowest BCUT2D eigenvalue weighted by Gasteiger charge is -2.24. The van der Waals surface area contributed by atoms with Gasteiger partial charge in [-0.2, -0.15) is 0 Å². The van der Waals surface area contributed by atoms with E-state index in [-0.39, 0.29) is 0 Å². The van der Waals surface area contributed by atoms with Gasteiger partial charge in [-0.25, -0.2) is 0 Å². The van der Waals surface area contributed by atoms with Crippen molar-refractivity contribution in [3.05, 3.63) is 28.8 Å². The molecule has 1 aromatic carbocycles. The van der Waals surface area contributed by atoms with E-state index in [0.717, 1.165) is 16.9 Å². The van der Waals surface area contributed by atoms with Crippen LogP contribution in [0.2, 0.25) is 0 Å². The lowest BCUT2D eigenvalue weighted by atomic mass is 9.96. The zero-order valence-corrected chi connectivity index (χ0v) is 13.0. The van der Waals surface area contributed by atoms with Crippen LogP contribution in [-0.2, 0) is 4.79 Å². The molecule has 0 saturated heterocycles. The number of rotatable bonds is 7. The number of ether oxygens (including phenoxy) is 1. The van der Waals surface area contributed by atoms with Crippen molar-refractivity contribution < 1.29 is 14.6 Å². The van der Waals surface area contributed by atoms with Gasteiger partial charge in [0.05, 0.1) is 6.61 Å². The highest BCUT2D eigenvalue weighted by Gasteiger charge is 2.30. The third-order valence-corrected chi connectivity index (χ3v) is 3.70. The third-order valence-electron chi connectivity index (χ3n) is 3.70. The molecule has 2 N–H and O–H groups in total. The standard InChI is InChI=1S/C16H25NO3/c1-11-9-12(2)14(13(3)10-11)20-8-6-7-16(4,17-5)15(18)19/h9-10,17H,6-8H2,1-5H3,(H,18,19). The summed E-state index contributed by atoms with van der Waals surface area (Å²) in [6, 6.07) is 4.19. The Morgan fingerprint density at radius 2 is 1.85 bits per heavy atom. The van der Waals surface area contributed by atoms with E-state index in [1.165, 1.54) is 5.56 Å². The number of likely N-dealkylation sites (N-methyl/N-ethyl adjacent to an activating group) is 1. The second kappa shape index (κ2) is 6.75. The molecule has 20 heavy (non-hydrogen) atoms. The summed E-state index contributed by atoms with van der Waals surface area (Å²) in [5.41, 5.74) is 2.58. The van der Waals surface area contributed by atoms with Gasteiger partial charge in [-0.15, -0.1) is 0 Å². The van der Waals surface area contributed by atoms with E-state index in [9.17, 15) is 4.79 Å². The Balaban J connectivity index is 2.56. The minimum atomic E-state index is -0.888. The quantitative estimate of drug-likeness (QED) is 0.754. The van der Waals surface area contributed by atoms with Gasteiger partial charge in [0.2, 0.25) is 0 Å². The smallest absolute Gasteiger partial charge is 0.323 e. The van der Waals surface area contributed by atoms with E-state index in [1.807, 2.05) is 13.8 Å². The molecule has 0 saturated carbocycles. The molecule has 0 radical (unpaired) electrons. The van der Waals surface area contributed by atoms with Crippen molar-refractivity contribution in [3.63, 3.8) is 0 Å². The van der Waals surface area contributed by atoms with E-state index in [4.69, 9.17) is 9.84 Å². The minimum absolute atomic E-state index is 0.523. The molecule has 4 nitrogen and oxygen atoms in total. The van der Waals surface area contributed by atoms with Crippen LogP contribution in [0.5, 0.6) is 5.75 Å². The van der Waals surface area contributed by atoms with Gasteiger partial charge >= 0.3 is 5.97 Å². The summed E-state index contributed by atoms with van der Waals surface area (Å²) in [4.78, 5) is 11.2. The third kappa shape index (κ3) is 3.97. The maximum atomic E-state index is 11.2. The monoisotopic (exact) mass is 279 g/mol. The first kappa shape index (κ1) is 16.5. The Morgan fingerprint density at radius 3 is 2.30 bits per heavy atom. The second-order valence-corrected chi connectivity index (χ2v) is 5.57. The van der Waals surface area contributed by atoms with E-state index in [1.54, 1.807) is 14.0 Å². The Kier molecular flexibility index (Phi) is 5.57. The highest BCUT2D eigenvalue weighted by molar-refractivity contribution is 5.78. The van der Waals surface area contributed by atoms with Crippen LogP contribution in [0.25, 0.3) is 0 Å². The van der Waals surface area contributed by atoms with Crippen molar-refractivity contribution in [2.24, 2.45) is 0 Å². The average Bonchev–Trinajstić information content (AvgIpc) is 2.36. The molecule has 0 aromatic heterocycles. The number of carboxylic acid groups (broad SMARTS) is 1. The van der Waals surface area contributed by atoms with Gasteiger partial charge in [0, 0.05) is 0 Å². The summed E-state index contributed by atoms with van der Waals surface area (Å²) < 4.78 is 5.82. The maximum Gasteiger partial charge on any atom is 0.323 e. The fourth-order valence-electron chi connectivity index (χ4n) is 2.33. The van der Waals surface area contributed by atoms with Crippen LogP contribution in [0.3, 0.4) is 0 Å². The Morgan fingerprint density at radius 1 is 1.30 bits per heavy atom. The predicted molar refractivity (Wildman–Crippen MR) is 80.5 cm³/mol. The van der Waals surface area contributed by atoms with E-state index >= 15 is 0 Å². The largest absolute Gasteiger partial charge is 0.493 e. The van der Waals surface area contributed by atoms with Crippen molar-refractivity contribution in [2.75, 3.05) is 13.7 Å². The fourth-order valence-corrected chi connectivity index (χ4v) is 2.33. The number of carboxylic acids is 1. The first-order valence-corrected chi connectivity index (χ1v) is 6.93. The van der Waals surface area contributed by atoms with Crippen LogP contribution in [0, 0.1) is 20.8 Å².